The SMILES string of the molecule is N#CC(Cc1ccccc1)NC1CCCC1. The molecule has 0 spiro atoms. The van der Waals surface area contributed by atoms with E-state index in [0.717, 1.165) is 6.42 Å². The van der Waals surface area contributed by atoms with Crippen LogP contribution in [-0.4, -0.2) is 12.1 Å². The molecule has 84 valence electrons. The third-order valence-corrected chi connectivity index (χ3v) is 3.23. The molecule has 2 rings (SSSR count). The summed E-state index contributed by atoms with van der Waals surface area (Å²) in [5.74, 6) is 0. The van der Waals surface area contributed by atoms with Crippen molar-refractivity contribution >= 4 is 0 Å². The highest BCUT2D eigenvalue weighted by molar-refractivity contribution is 5.17. The van der Waals surface area contributed by atoms with Gasteiger partial charge in [-0.1, -0.05) is 43.2 Å². The van der Waals surface area contributed by atoms with Crippen molar-refractivity contribution in [3.05, 3.63) is 35.9 Å². The first kappa shape index (κ1) is 11.2. The molecule has 16 heavy (non-hydrogen) atoms. The van der Waals surface area contributed by atoms with Crippen LogP contribution in [-0.2, 0) is 6.42 Å². The summed E-state index contributed by atoms with van der Waals surface area (Å²) in [5, 5.41) is 12.6. The maximum Gasteiger partial charge on any atom is 0.0995 e. The van der Waals surface area contributed by atoms with Crippen molar-refractivity contribution in [1.82, 2.24) is 5.32 Å². The van der Waals surface area contributed by atoms with Crippen molar-refractivity contribution in [2.45, 2.75) is 44.2 Å². The standard InChI is InChI=1S/C14H18N2/c15-11-14(16-13-8-4-5-9-13)10-12-6-2-1-3-7-12/h1-3,6-7,13-14,16H,4-5,8-10H2. The summed E-state index contributed by atoms with van der Waals surface area (Å²) in [6.07, 6.45) is 5.89. The summed E-state index contributed by atoms with van der Waals surface area (Å²) in [7, 11) is 0. The second kappa shape index (κ2) is 5.67. The fourth-order valence-electron chi connectivity index (χ4n) is 2.37. The van der Waals surface area contributed by atoms with Crippen molar-refractivity contribution in [1.29, 1.82) is 5.26 Å². The normalized spacial score (nSPS) is 18.2. The minimum absolute atomic E-state index is 0.0366. The Morgan fingerprint density at radius 2 is 1.94 bits per heavy atom. The molecule has 1 unspecified atom stereocenters. The first-order valence-electron chi connectivity index (χ1n) is 6.08. The molecule has 2 nitrogen and oxygen atoms in total. The summed E-state index contributed by atoms with van der Waals surface area (Å²) in [6, 6.07) is 13.1. The van der Waals surface area contributed by atoms with E-state index in [1.807, 2.05) is 18.2 Å². The molecular formula is C14H18N2. The maximum atomic E-state index is 9.14. The number of hydrogen-bond donors (Lipinski definition) is 1. The van der Waals surface area contributed by atoms with E-state index < -0.39 is 0 Å². The van der Waals surface area contributed by atoms with Crippen LogP contribution in [0.2, 0.25) is 0 Å². The smallest absolute Gasteiger partial charge is 0.0995 e. The molecule has 1 saturated carbocycles. The number of nitrogens with one attached hydrogen (secondary N) is 1. The number of hydrogen-bond acceptors (Lipinski definition) is 2. The lowest BCUT2D eigenvalue weighted by atomic mass is 10.1. The summed E-state index contributed by atoms with van der Waals surface area (Å²) < 4.78 is 0. The Balaban J connectivity index is 1.88. The summed E-state index contributed by atoms with van der Waals surface area (Å²) in [6.45, 7) is 0. The quantitative estimate of drug-likeness (QED) is 0.836. The Labute approximate surface area is 97.3 Å². The number of benzene rings is 1. The number of nitriles is 1. The van der Waals surface area contributed by atoms with Crippen molar-refractivity contribution in [2.24, 2.45) is 0 Å². The number of rotatable bonds is 4. The molecule has 0 aromatic heterocycles. The fourth-order valence-corrected chi connectivity index (χ4v) is 2.37. The van der Waals surface area contributed by atoms with E-state index in [1.165, 1.54) is 31.2 Å². The summed E-state index contributed by atoms with van der Waals surface area (Å²) in [5.41, 5.74) is 1.24. The van der Waals surface area contributed by atoms with Crippen molar-refractivity contribution in [3.63, 3.8) is 0 Å². The largest absolute Gasteiger partial charge is 0.299 e. The van der Waals surface area contributed by atoms with Gasteiger partial charge in [-0.05, 0) is 18.4 Å². The minimum atomic E-state index is -0.0366. The molecule has 0 aliphatic heterocycles. The molecule has 1 N–H and O–H groups in total. The topological polar surface area (TPSA) is 35.8 Å². The van der Waals surface area contributed by atoms with E-state index in [0.29, 0.717) is 6.04 Å². The van der Waals surface area contributed by atoms with E-state index in [-0.39, 0.29) is 6.04 Å². The molecule has 1 aromatic rings. The zero-order chi connectivity index (χ0) is 11.2. The van der Waals surface area contributed by atoms with Crippen LogP contribution in [0.15, 0.2) is 30.3 Å². The Hall–Kier alpha value is -1.33. The highest BCUT2D eigenvalue weighted by atomic mass is 14.9. The van der Waals surface area contributed by atoms with Crippen LogP contribution in [0.4, 0.5) is 0 Å². The molecule has 0 heterocycles. The van der Waals surface area contributed by atoms with Crippen molar-refractivity contribution in [3.8, 4) is 6.07 Å². The summed E-state index contributed by atoms with van der Waals surface area (Å²) in [4.78, 5) is 0. The van der Waals surface area contributed by atoms with E-state index in [4.69, 9.17) is 5.26 Å². The average molecular weight is 214 g/mol. The van der Waals surface area contributed by atoms with Gasteiger partial charge in [-0.3, -0.25) is 5.32 Å². The molecular weight excluding hydrogens is 196 g/mol. The molecule has 1 aliphatic carbocycles. The Morgan fingerprint density at radius 1 is 1.25 bits per heavy atom. The third kappa shape index (κ3) is 3.08. The van der Waals surface area contributed by atoms with Crippen LogP contribution in [0.1, 0.15) is 31.2 Å². The minimum Gasteiger partial charge on any atom is -0.299 e. The predicted octanol–water partition coefficient (Wildman–Crippen LogP) is 2.65. The van der Waals surface area contributed by atoms with Crippen LogP contribution in [0.3, 0.4) is 0 Å². The lowest BCUT2D eigenvalue weighted by Gasteiger charge is -2.17. The van der Waals surface area contributed by atoms with Crippen LogP contribution in [0, 0.1) is 11.3 Å². The van der Waals surface area contributed by atoms with Gasteiger partial charge in [0.05, 0.1) is 12.1 Å². The van der Waals surface area contributed by atoms with Gasteiger partial charge in [0.1, 0.15) is 0 Å². The molecule has 1 aliphatic rings. The molecule has 0 bridgehead atoms. The van der Waals surface area contributed by atoms with Gasteiger partial charge in [0.2, 0.25) is 0 Å². The van der Waals surface area contributed by atoms with Gasteiger partial charge < -0.3 is 0 Å². The van der Waals surface area contributed by atoms with Crippen LogP contribution in [0.25, 0.3) is 0 Å². The third-order valence-electron chi connectivity index (χ3n) is 3.23. The Bertz CT molecular complexity index is 347. The van der Waals surface area contributed by atoms with Gasteiger partial charge in [0.15, 0.2) is 0 Å². The highest BCUT2D eigenvalue weighted by Gasteiger charge is 2.18. The van der Waals surface area contributed by atoms with Crippen molar-refractivity contribution in [2.75, 3.05) is 0 Å². The molecule has 1 fully saturated rings. The molecule has 1 atom stereocenters. The van der Waals surface area contributed by atoms with Gasteiger partial charge in [0.25, 0.3) is 0 Å². The molecule has 0 radical (unpaired) electrons. The van der Waals surface area contributed by atoms with Gasteiger partial charge >= 0.3 is 0 Å². The molecule has 0 saturated heterocycles. The van der Waals surface area contributed by atoms with E-state index in [1.54, 1.807) is 0 Å². The zero-order valence-electron chi connectivity index (χ0n) is 9.52. The summed E-state index contributed by atoms with van der Waals surface area (Å²) >= 11 is 0. The number of nitrogens with zero attached hydrogens (tertiary/aromatic N) is 1. The van der Waals surface area contributed by atoms with Crippen LogP contribution < -0.4 is 5.32 Å². The maximum absolute atomic E-state index is 9.14. The molecule has 0 amide bonds. The van der Waals surface area contributed by atoms with Crippen LogP contribution >= 0.6 is 0 Å². The Kier molecular flexibility index (Phi) is 3.96. The lowest BCUT2D eigenvalue weighted by Crippen LogP contribution is -2.37. The molecule has 2 heteroatoms. The first-order chi connectivity index (χ1) is 7.88. The zero-order valence-corrected chi connectivity index (χ0v) is 9.52. The van der Waals surface area contributed by atoms with Gasteiger partial charge in [-0.2, -0.15) is 5.26 Å². The average Bonchev–Trinajstić information content (AvgIpc) is 2.82. The lowest BCUT2D eigenvalue weighted by molar-refractivity contribution is 0.480. The van der Waals surface area contributed by atoms with Crippen molar-refractivity contribution < 1.29 is 0 Å². The van der Waals surface area contributed by atoms with Crippen LogP contribution in [0.5, 0.6) is 0 Å². The monoisotopic (exact) mass is 214 g/mol. The van der Waals surface area contributed by atoms with E-state index in [2.05, 4.69) is 23.5 Å². The second-order valence-corrected chi connectivity index (χ2v) is 4.52. The van der Waals surface area contributed by atoms with Gasteiger partial charge in [-0.15, -0.1) is 0 Å². The van der Waals surface area contributed by atoms with Gasteiger partial charge in [0, 0.05) is 12.5 Å². The first-order valence-corrected chi connectivity index (χ1v) is 6.08. The molecule has 1 aromatic carbocycles. The fraction of sp³-hybridized carbons (Fsp3) is 0.500. The predicted molar refractivity (Wildman–Crippen MR) is 64.9 cm³/mol. The van der Waals surface area contributed by atoms with Gasteiger partial charge in [-0.25, -0.2) is 0 Å². The van der Waals surface area contributed by atoms with E-state index >= 15 is 0 Å². The Morgan fingerprint density at radius 3 is 2.56 bits per heavy atom. The van der Waals surface area contributed by atoms with E-state index in [9.17, 15) is 0 Å². The highest BCUT2D eigenvalue weighted by Crippen LogP contribution is 2.18. The second-order valence-electron chi connectivity index (χ2n) is 4.52.